The molecule has 3 heterocycles. The molecule has 2 aliphatic heterocycles. The van der Waals surface area contributed by atoms with E-state index in [2.05, 4.69) is 0 Å². The van der Waals surface area contributed by atoms with Crippen LogP contribution in [0.25, 0.3) is 0 Å². The number of carbonyl (C=O) groups is 4. The average molecular weight is 397 g/mol. The van der Waals surface area contributed by atoms with Crippen molar-refractivity contribution in [3.63, 3.8) is 0 Å². The van der Waals surface area contributed by atoms with E-state index in [-0.39, 0.29) is 0 Å². The largest absolute Gasteiger partial charge is 0.368 e. The van der Waals surface area contributed by atoms with Crippen molar-refractivity contribution < 1.29 is 19.2 Å². The van der Waals surface area contributed by atoms with Crippen LogP contribution in [-0.2, 0) is 14.4 Å². The van der Waals surface area contributed by atoms with Crippen LogP contribution >= 0.6 is 11.3 Å². The number of aryl methyl sites for hydroxylation is 1. The molecule has 1 aromatic heterocycles. The zero-order chi connectivity index (χ0) is 20.2. The predicted octanol–water partition coefficient (Wildman–Crippen LogP) is 1.34. The molecule has 0 aliphatic carbocycles. The van der Waals surface area contributed by atoms with Crippen molar-refractivity contribution >= 4 is 35.0 Å². The van der Waals surface area contributed by atoms with Crippen LogP contribution in [0, 0.1) is 18.8 Å². The van der Waals surface area contributed by atoms with Crippen molar-refractivity contribution in [1.29, 1.82) is 0 Å². The SMILES string of the molecule is Cc1ccc(C2C3C(=O)N(C)C(=O)C3C(C(N)=O)N2C(=O)c2cccs2)cc1. The second-order valence-corrected chi connectivity index (χ2v) is 8.13. The summed E-state index contributed by atoms with van der Waals surface area (Å²) in [5, 5.41) is 1.76. The van der Waals surface area contributed by atoms with Crippen molar-refractivity contribution in [1.82, 2.24) is 9.80 Å². The highest BCUT2D eigenvalue weighted by Gasteiger charge is 2.64. The minimum Gasteiger partial charge on any atom is -0.368 e. The summed E-state index contributed by atoms with van der Waals surface area (Å²) in [6.45, 7) is 1.93. The molecule has 4 atom stereocenters. The molecule has 1 aromatic carbocycles. The highest BCUT2D eigenvalue weighted by atomic mass is 32.1. The Hall–Kier alpha value is -3.00. The molecular weight excluding hydrogens is 378 g/mol. The van der Waals surface area contributed by atoms with E-state index in [1.807, 2.05) is 31.2 Å². The monoisotopic (exact) mass is 397 g/mol. The zero-order valence-corrected chi connectivity index (χ0v) is 16.2. The number of primary amides is 1. The first-order chi connectivity index (χ1) is 13.3. The highest BCUT2D eigenvalue weighted by molar-refractivity contribution is 7.12. The van der Waals surface area contributed by atoms with Gasteiger partial charge in [-0.15, -0.1) is 11.3 Å². The summed E-state index contributed by atoms with van der Waals surface area (Å²) in [6.07, 6.45) is 0. The molecule has 2 aliphatic rings. The number of nitrogens with zero attached hydrogens (tertiary/aromatic N) is 2. The van der Waals surface area contributed by atoms with Crippen molar-refractivity contribution in [2.45, 2.75) is 19.0 Å². The zero-order valence-electron chi connectivity index (χ0n) is 15.4. The van der Waals surface area contributed by atoms with Gasteiger partial charge < -0.3 is 10.6 Å². The van der Waals surface area contributed by atoms with Gasteiger partial charge in [0.2, 0.25) is 17.7 Å². The van der Waals surface area contributed by atoms with Crippen LogP contribution in [-0.4, -0.2) is 46.5 Å². The van der Waals surface area contributed by atoms with Gasteiger partial charge in [0, 0.05) is 7.05 Å². The van der Waals surface area contributed by atoms with Gasteiger partial charge in [0.25, 0.3) is 5.91 Å². The third-order valence-corrected chi connectivity index (χ3v) is 6.43. The van der Waals surface area contributed by atoms with E-state index >= 15 is 0 Å². The minimum atomic E-state index is -1.17. The van der Waals surface area contributed by atoms with Gasteiger partial charge in [-0.25, -0.2) is 0 Å². The smallest absolute Gasteiger partial charge is 0.265 e. The quantitative estimate of drug-likeness (QED) is 0.790. The molecule has 4 rings (SSSR count). The van der Waals surface area contributed by atoms with Crippen molar-refractivity contribution in [3.05, 3.63) is 57.8 Å². The fraction of sp³-hybridized carbons (Fsp3) is 0.300. The van der Waals surface area contributed by atoms with Crippen LogP contribution in [0.3, 0.4) is 0 Å². The Kier molecular flexibility index (Phi) is 4.30. The van der Waals surface area contributed by atoms with Crippen LogP contribution < -0.4 is 5.73 Å². The number of nitrogens with two attached hydrogens (primary N) is 1. The molecule has 8 heteroatoms. The molecule has 28 heavy (non-hydrogen) atoms. The summed E-state index contributed by atoms with van der Waals surface area (Å²) in [5.74, 6) is -3.86. The maximum atomic E-state index is 13.3. The van der Waals surface area contributed by atoms with Gasteiger partial charge in [-0.2, -0.15) is 0 Å². The van der Waals surface area contributed by atoms with Crippen LogP contribution in [0.4, 0.5) is 0 Å². The van der Waals surface area contributed by atoms with Gasteiger partial charge in [0.05, 0.1) is 22.8 Å². The molecule has 2 N–H and O–H groups in total. The Labute approximate surface area is 165 Å². The maximum absolute atomic E-state index is 13.3. The number of imide groups is 1. The Bertz CT molecular complexity index is 970. The number of hydrogen-bond donors (Lipinski definition) is 1. The molecule has 4 amide bonds. The number of rotatable bonds is 3. The summed E-state index contributed by atoms with van der Waals surface area (Å²) in [7, 11) is 1.40. The standard InChI is InChI=1S/C20H19N3O4S/c1-10-5-7-11(8-6-10)15-13-14(20(27)22(2)19(13)26)16(17(21)24)23(15)18(25)12-4-3-9-28-12/h3-9,13-16H,1-2H3,(H2,21,24). The van der Waals surface area contributed by atoms with Crippen molar-refractivity contribution in [2.24, 2.45) is 17.6 Å². The number of hydrogen-bond acceptors (Lipinski definition) is 5. The number of fused-ring (bicyclic) bond motifs is 1. The van der Waals surface area contributed by atoms with E-state index in [1.54, 1.807) is 17.5 Å². The molecule has 7 nitrogen and oxygen atoms in total. The minimum absolute atomic E-state index is 0.395. The van der Waals surface area contributed by atoms with Crippen LogP contribution in [0.5, 0.6) is 0 Å². The molecule has 0 spiro atoms. The summed E-state index contributed by atoms with van der Waals surface area (Å²) in [5.41, 5.74) is 7.36. The maximum Gasteiger partial charge on any atom is 0.265 e. The summed E-state index contributed by atoms with van der Waals surface area (Å²) >= 11 is 1.24. The average Bonchev–Trinajstić information content (AvgIpc) is 3.36. The lowest BCUT2D eigenvalue weighted by Crippen LogP contribution is -2.50. The van der Waals surface area contributed by atoms with Crippen LogP contribution in [0.15, 0.2) is 41.8 Å². The Balaban J connectivity index is 1.90. The topological polar surface area (TPSA) is 101 Å². The number of benzene rings is 1. The van der Waals surface area contributed by atoms with Crippen LogP contribution in [0.2, 0.25) is 0 Å². The lowest BCUT2D eigenvalue weighted by Gasteiger charge is -2.31. The van der Waals surface area contributed by atoms with Gasteiger partial charge in [-0.05, 0) is 23.9 Å². The van der Waals surface area contributed by atoms with Gasteiger partial charge in [0.1, 0.15) is 6.04 Å². The molecular formula is C20H19N3O4S. The number of amides is 4. The Morgan fingerprint density at radius 2 is 1.68 bits per heavy atom. The molecule has 144 valence electrons. The molecule has 0 bridgehead atoms. The summed E-state index contributed by atoms with van der Waals surface area (Å²) in [4.78, 5) is 54.1. The van der Waals surface area contributed by atoms with E-state index in [0.29, 0.717) is 10.4 Å². The van der Waals surface area contributed by atoms with Gasteiger partial charge in [0.15, 0.2) is 0 Å². The first-order valence-electron chi connectivity index (χ1n) is 8.86. The number of carbonyl (C=O) groups excluding carboxylic acids is 4. The third kappa shape index (κ3) is 2.56. The first kappa shape index (κ1) is 18.4. The Morgan fingerprint density at radius 3 is 2.25 bits per heavy atom. The summed E-state index contributed by atoms with van der Waals surface area (Å²) < 4.78 is 0. The second kappa shape index (κ2) is 6.56. The van der Waals surface area contributed by atoms with Crippen molar-refractivity contribution in [3.8, 4) is 0 Å². The number of likely N-dealkylation sites (tertiary alicyclic amines) is 2. The molecule has 2 aromatic rings. The molecule has 2 saturated heterocycles. The lowest BCUT2D eigenvalue weighted by atomic mass is 9.86. The fourth-order valence-electron chi connectivity index (χ4n) is 4.27. The van der Waals surface area contributed by atoms with Crippen LogP contribution in [0.1, 0.15) is 26.8 Å². The van der Waals surface area contributed by atoms with E-state index < -0.39 is 47.5 Å². The van der Waals surface area contributed by atoms with E-state index in [9.17, 15) is 19.2 Å². The van der Waals surface area contributed by atoms with E-state index in [0.717, 1.165) is 10.5 Å². The molecule has 4 unspecified atom stereocenters. The van der Waals surface area contributed by atoms with Gasteiger partial charge >= 0.3 is 0 Å². The lowest BCUT2D eigenvalue weighted by molar-refractivity contribution is -0.141. The van der Waals surface area contributed by atoms with E-state index in [1.165, 1.54) is 23.3 Å². The van der Waals surface area contributed by atoms with Crippen molar-refractivity contribution in [2.75, 3.05) is 7.05 Å². The highest BCUT2D eigenvalue weighted by Crippen LogP contribution is 2.50. The molecule has 0 saturated carbocycles. The molecule has 2 fully saturated rings. The third-order valence-electron chi connectivity index (χ3n) is 5.57. The normalized spacial score (nSPS) is 26.6. The first-order valence-corrected chi connectivity index (χ1v) is 9.74. The fourth-order valence-corrected chi connectivity index (χ4v) is 4.94. The second-order valence-electron chi connectivity index (χ2n) is 7.18. The Morgan fingerprint density at radius 1 is 1.04 bits per heavy atom. The summed E-state index contributed by atoms with van der Waals surface area (Å²) in [6, 6.07) is 8.88. The number of thiophene rings is 1. The van der Waals surface area contributed by atoms with E-state index in [4.69, 9.17) is 5.73 Å². The van der Waals surface area contributed by atoms with Gasteiger partial charge in [-0.3, -0.25) is 24.1 Å². The molecule has 0 radical (unpaired) electrons. The van der Waals surface area contributed by atoms with Gasteiger partial charge in [-0.1, -0.05) is 35.9 Å². The predicted molar refractivity (Wildman–Crippen MR) is 102 cm³/mol.